The maximum atomic E-state index is 13.1. The highest BCUT2D eigenvalue weighted by atomic mass is 16.7. The molecule has 0 atom stereocenters. The average molecular weight is 489 g/mol. The normalized spacial score (nSPS) is 12.3. The first-order valence-electron chi connectivity index (χ1n) is 11.2. The molecule has 0 radical (unpaired) electrons. The van der Waals surface area contributed by atoms with Crippen molar-refractivity contribution >= 4 is 23.6 Å². The van der Waals surface area contributed by atoms with E-state index in [1.54, 1.807) is 24.4 Å². The lowest BCUT2D eigenvalue weighted by molar-refractivity contribution is 0.0950. The molecule has 1 amide bonds. The zero-order valence-electron chi connectivity index (χ0n) is 19.6. The number of hydrazone groups is 1. The molecule has 0 unspecified atom stereocenters. The van der Waals surface area contributed by atoms with Gasteiger partial charge in [-0.25, -0.2) is 10.1 Å². The lowest BCUT2D eigenvalue weighted by Crippen LogP contribution is -2.21. The van der Waals surface area contributed by atoms with Crippen LogP contribution in [0.5, 0.6) is 11.5 Å². The molecule has 4 aromatic rings. The molecular weight excluding hydrogens is 466 g/mol. The van der Waals surface area contributed by atoms with Crippen molar-refractivity contribution in [3.8, 4) is 28.6 Å². The van der Waals surface area contributed by atoms with Crippen LogP contribution in [0.25, 0.3) is 17.1 Å². The van der Waals surface area contributed by atoms with Gasteiger partial charge in [-0.05, 0) is 60.1 Å². The number of aromatic nitrogens is 5. The van der Waals surface area contributed by atoms with E-state index in [1.165, 1.54) is 4.68 Å². The van der Waals surface area contributed by atoms with Gasteiger partial charge in [-0.3, -0.25) is 4.79 Å². The van der Waals surface area contributed by atoms with Crippen LogP contribution in [0.1, 0.15) is 29.9 Å². The molecule has 3 N–H and O–H groups in total. The van der Waals surface area contributed by atoms with Gasteiger partial charge in [0.25, 0.3) is 5.91 Å². The van der Waals surface area contributed by atoms with Gasteiger partial charge in [0.2, 0.25) is 18.4 Å². The average Bonchev–Trinajstić information content (AvgIpc) is 3.64. The number of rotatable bonds is 8. The summed E-state index contributed by atoms with van der Waals surface area (Å²) in [6.45, 7) is 6.16. The van der Waals surface area contributed by atoms with Crippen molar-refractivity contribution in [2.45, 2.75) is 13.8 Å². The number of fused-ring (bicyclic) bond motifs is 1. The van der Waals surface area contributed by atoms with Gasteiger partial charge in [-0.15, -0.1) is 5.10 Å². The molecule has 0 spiro atoms. The van der Waals surface area contributed by atoms with Crippen LogP contribution in [0.2, 0.25) is 0 Å². The summed E-state index contributed by atoms with van der Waals surface area (Å²) in [5.41, 5.74) is 11.2. The van der Waals surface area contributed by atoms with E-state index in [4.69, 9.17) is 19.8 Å². The summed E-state index contributed by atoms with van der Waals surface area (Å²) in [6.07, 6.45) is 1.55. The topological polar surface area (TPSA) is 159 Å². The van der Waals surface area contributed by atoms with Gasteiger partial charge in [-0.1, -0.05) is 17.3 Å². The summed E-state index contributed by atoms with van der Waals surface area (Å²) in [4.78, 5) is 15.3. The van der Waals surface area contributed by atoms with Gasteiger partial charge < -0.3 is 20.1 Å². The van der Waals surface area contributed by atoms with Crippen LogP contribution < -0.4 is 25.5 Å². The number of amides is 1. The molecule has 184 valence electrons. The minimum absolute atomic E-state index is 0.00898. The molecule has 2 aromatic carbocycles. The number of hydrogen-bond donors (Lipinski definition) is 2. The second kappa shape index (κ2) is 9.74. The number of ether oxygens (including phenoxy) is 2. The van der Waals surface area contributed by atoms with Crippen molar-refractivity contribution < 1.29 is 18.9 Å². The summed E-state index contributed by atoms with van der Waals surface area (Å²) in [7, 11) is 0. The zero-order valence-corrected chi connectivity index (χ0v) is 19.6. The fourth-order valence-corrected chi connectivity index (χ4v) is 3.80. The molecule has 13 nitrogen and oxygen atoms in total. The molecule has 1 aliphatic heterocycles. The third kappa shape index (κ3) is 4.29. The summed E-state index contributed by atoms with van der Waals surface area (Å²) in [6, 6.07) is 13.0. The number of nitrogens with one attached hydrogen (secondary N) is 1. The number of carbonyl (C=O) groups excluding carboxylic acids is 1. The van der Waals surface area contributed by atoms with Gasteiger partial charge in [0.05, 0.1) is 6.21 Å². The van der Waals surface area contributed by atoms with Crippen molar-refractivity contribution in [2.75, 3.05) is 30.5 Å². The Bertz CT molecular complexity index is 1410. The SMILES string of the molecule is CCN(CC)c1ccc(/C=N/NC(=O)c2nnn(-c3nonc3N)c2-c2ccc3c(c2)OCO3)cc1. The van der Waals surface area contributed by atoms with E-state index in [1.807, 2.05) is 24.3 Å². The second-order valence-electron chi connectivity index (χ2n) is 7.70. The van der Waals surface area contributed by atoms with E-state index in [0.717, 1.165) is 24.3 Å². The van der Waals surface area contributed by atoms with Crippen LogP contribution in [0.4, 0.5) is 11.5 Å². The van der Waals surface area contributed by atoms with E-state index >= 15 is 0 Å². The summed E-state index contributed by atoms with van der Waals surface area (Å²) < 4.78 is 16.8. The number of hydrogen-bond acceptors (Lipinski definition) is 11. The quantitative estimate of drug-likeness (QED) is 0.278. The lowest BCUT2D eigenvalue weighted by Gasteiger charge is -2.20. The van der Waals surface area contributed by atoms with E-state index in [2.05, 4.69) is 49.9 Å². The van der Waals surface area contributed by atoms with Crippen molar-refractivity contribution in [1.29, 1.82) is 0 Å². The van der Waals surface area contributed by atoms with Crippen LogP contribution in [0.3, 0.4) is 0 Å². The van der Waals surface area contributed by atoms with Crippen LogP contribution in [0, 0.1) is 0 Å². The van der Waals surface area contributed by atoms with E-state index in [-0.39, 0.29) is 24.1 Å². The van der Waals surface area contributed by atoms with Crippen LogP contribution >= 0.6 is 0 Å². The molecule has 0 saturated heterocycles. The molecule has 0 aliphatic carbocycles. The first kappa shape index (κ1) is 22.8. The van der Waals surface area contributed by atoms with E-state index < -0.39 is 5.91 Å². The Balaban J connectivity index is 1.41. The number of nitrogens with zero attached hydrogens (tertiary/aromatic N) is 7. The van der Waals surface area contributed by atoms with Crippen LogP contribution in [0.15, 0.2) is 52.2 Å². The Morgan fingerprint density at radius 1 is 1.14 bits per heavy atom. The van der Waals surface area contributed by atoms with Crippen molar-refractivity contribution in [3.63, 3.8) is 0 Å². The highest BCUT2D eigenvalue weighted by Gasteiger charge is 2.26. The first-order chi connectivity index (χ1) is 17.6. The van der Waals surface area contributed by atoms with Crippen molar-refractivity contribution in [3.05, 3.63) is 53.7 Å². The number of nitrogen functional groups attached to an aromatic ring is 1. The minimum Gasteiger partial charge on any atom is -0.454 e. The fourth-order valence-electron chi connectivity index (χ4n) is 3.80. The molecule has 0 bridgehead atoms. The largest absolute Gasteiger partial charge is 0.454 e. The Kier molecular flexibility index (Phi) is 6.18. The zero-order chi connectivity index (χ0) is 25.1. The van der Waals surface area contributed by atoms with Gasteiger partial charge in [0.1, 0.15) is 5.69 Å². The third-order valence-electron chi connectivity index (χ3n) is 5.63. The third-order valence-corrected chi connectivity index (χ3v) is 5.63. The minimum atomic E-state index is -0.583. The predicted molar refractivity (Wildman–Crippen MR) is 130 cm³/mol. The number of benzene rings is 2. The fraction of sp³-hybridized carbons (Fsp3) is 0.217. The summed E-state index contributed by atoms with van der Waals surface area (Å²) in [5, 5.41) is 19.5. The van der Waals surface area contributed by atoms with Crippen molar-refractivity contribution in [1.82, 2.24) is 30.7 Å². The summed E-state index contributed by atoms with van der Waals surface area (Å²) in [5.74, 6) is 0.595. The number of carbonyl (C=O) groups is 1. The van der Waals surface area contributed by atoms with Gasteiger partial charge in [-0.2, -0.15) is 9.78 Å². The Labute approximate surface area is 205 Å². The molecule has 0 fully saturated rings. The van der Waals surface area contributed by atoms with Gasteiger partial charge in [0.15, 0.2) is 17.2 Å². The molecule has 5 rings (SSSR count). The molecule has 13 heteroatoms. The Hall–Kier alpha value is -4.94. The highest BCUT2D eigenvalue weighted by molar-refractivity contribution is 5.99. The van der Waals surface area contributed by atoms with Gasteiger partial charge >= 0.3 is 0 Å². The van der Waals surface area contributed by atoms with Crippen LogP contribution in [-0.2, 0) is 0 Å². The maximum Gasteiger partial charge on any atom is 0.294 e. The number of nitrogens with two attached hydrogens (primary N) is 1. The van der Waals surface area contributed by atoms with E-state index in [9.17, 15) is 4.79 Å². The van der Waals surface area contributed by atoms with Gasteiger partial charge in [0, 0.05) is 24.3 Å². The van der Waals surface area contributed by atoms with Crippen molar-refractivity contribution in [2.24, 2.45) is 5.10 Å². The summed E-state index contributed by atoms with van der Waals surface area (Å²) >= 11 is 0. The maximum absolute atomic E-state index is 13.1. The molecule has 36 heavy (non-hydrogen) atoms. The number of anilines is 2. The standard InChI is InChI=1S/C23H23N9O4/c1-3-31(4-2)16-8-5-14(6-9-16)12-25-27-23(33)19-20(15-7-10-17-18(11-15)35-13-34-17)32(30-26-19)22-21(24)28-36-29-22/h5-12H,3-4,13H2,1-2H3,(H2,24,28)(H,27,33)/b25-12+. The molecule has 0 saturated carbocycles. The highest BCUT2D eigenvalue weighted by Crippen LogP contribution is 2.37. The predicted octanol–water partition coefficient (Wildman–Crippen LogP) is 2.24. The molecule has 1 aliphatic rings. The Morgan fingerprint density at radius 2 is 1.92 bits per heavy atom. The van der Waals surface area contributed by atoms with Crippen LogP contribution in [-0.4, -0.2) is 57.3 Å². The smallest absolute Gasteiger partial charge is 0.294 e. The molecule has 2 aromatic heterocycles. The monoisotopic (exact) mass is 489 g/mol. The molecular formula is C23H23N9O4. The second-order valence-corrected chi connectivity index (χ2v) is 7.70. The molecule has 3 heterocycles. The lowest BCUT2D eigenvalue weighted by atomic mass is 10.1. The first-order valence-corrected chi connectivity index (χ1v) is 11.2. The van der Waals surface area contributed by atoms with E-state index in [0.29, 0.717) is 22.8 Å². The Morgan fingerprint density at radius 3 is 2.64 bits per heavy atom.